The summed E-state index contributed by atoms with van der Waals surface area (Å²) >= 11 is 0. The Balaban J connectivity index is 3.16. The summed E-state index contributed by atoms with van der Waals surface area (Å²) in [5.41, 5.74) is -0.653. The van der Waals surface area contributed by atoms with Crippen molar-refractivity contribution in [2.75, 3.05) is 11.9 Å². The van der Waals surface area contributed by atoms with Crippen molar-refractivity contribution in [3.05, 3.63) is 36.4 Å². The van der Waals surface area contributed by atoms with Gasteiger partial charge in [0.15, 0.2) is 0 Å². The van der Waals surface area contributed by atoms with Gasteiger partial charge in [0.05, 0.1) is 17.2 Å². The number of carbonyl (C=O) groups is 2. The number of aromatic carboxylic acids is 1. The van der Waals surface area contributed by atoms with E-state index in [2.05, 4.69) is 11.9 Å². The minimum atomic E-state index is -1.41. The molecular weight excluding hydrogens is 258 g/mol. The van der Waals surface area contributed by atoms with Crippen LogP contribution in [-0.4, -0.2) is 18.5 Å². The Hall–Kier alpha value is -2.30. The van der Waals surface area contributed by atoms with Crippen LogP contribution in [0.2, 0.25) is 0 Å². The predicted octanol–water partition coefficient (Wildman–Crippen LogP) is 1.60. The van der Waals surface area contributed by atoms with E-state index in [1.165, 1.54) is 18.2 Å². The summed E-state index contributed by atoms with van der Waals surface area (Å²) in [6, 6.07) is 4.60. The van der Waals surface area contributed by atoms with Crippen molar-refractivity contribution in [2.24, 2.45) is 5.41 Å². The van der Waals surface area contributed by atoms with Crippen molar-refractivity contribution in [3.8, 4) is 5.75 Å². The minimum Gasteiger partial charge on any atom is -0.545 e. The number of ether oxygens (including phenoxy) is 1. The normalized spacial score (nSPS) is 10.8. The van der Waals surface area contributed by atoms with Gasteiger partial charge in [-0.25, -0.2) is 0 Å². The molecule has 0 aliphatic carbocycles. The Morgan fingerprint density at radius 3 is 2.55 bits per heavy atom. The molecule has 20 heavy (non-hydrogen) atoms. The lowest BCUT2D eigenvalue weighted by molar-refractivity contribution is -0.255. The smallest absolute Gasteiger partial charge is 0.229 e. The maximum absolute atomic E-state index is 12.0. The van der Waals surface area contributed by atoms with Crippen molar-refractivity contribution in [1.82, 2.24) is 0 Å². The van der Waals surface area contributed by atoms with Crippen molar-refractivity contribution < 1.29 is 19.4 Å². The van der Waals surface area contributed by atoms with Crippen molar-refractivity contribution in [2.45, 2.75) is 20.8 Å². The highest BCUT2D eigenvalue weighted by atomic mass is 16.5. The summed E-state index contributed by atoms with van der Waals surface area (Å²) in [5, 5.41) is 13.9. The molecule has 0 aromatic heterocycles. The first kappa shape index (κ1) is 15.8. The number of nitrogens with one attached hydrogen (secondary N) is 1. The van der Waals surface area contributed by atoms with E-state index in [1.54, 1.807) is 26.8 Å². The monoisotopic (exact) mass is 276 g/mol. The maximum atomic E-state index is 12.0. The molecule has 0 aliphatic heterocycles. The van der Waals surface area contributed by atoms with Gasteiger partial charge in [-0.2, -0.15) is 0 Å². The van der Waals surface area contributed by atoms with Crippen LogP contribution in [0.15, 0.2) is 30.9 Å². The van der Waals surface area contributed by atoms with Gasteiger partial charge in [-0.05, 0) is 12.1 Å². The number of rotatable bonds is 5. The molecule has 0 saturated carbocycles. The van der Waals surface area contributed by atoms with Crippen molar-refractivity contribution in [1.29, 1.82) is 0 Å². The van der Waals surface area contributed by atoms with Gasteiger partial charge in [-0.3, -0.25) is 4.79 Å². The zero-order chi connectivity index (χ0) is 15.3. The van der Waals surface area contributed by atoms with E-state index in [-0.39, 0.29) is 29.5 Å². The molecule has 0 unspecified atom stereocenters. The van der Waals surface area contributed by atoms with Gasteiger partial charge in [0.1, 0.15) is 12.4 Å². The minimum absolute atomic E-state index is 0.136. The number of carboxylic acids is 1. The molecule has 0 saturated heterocycles. The third-order valence-electron chi connectivity index (χ3n) is 2.52. The van der Waals surface area contributed by atoms with Crippen molar-refractivity contribution >= 4 is 17.6 Å². The van der Waals surface area contributed by atoms with Gasteiger partial charge in [0.25, 0.3) is 0 Å². The second-order valence-corrected chi connectivity index (χ2v) is 5.27. The summed E-state index contributed by atoms with van der Waals surface area (Å²) in [4.78, 5) is 23.2. The van der Waals surface area contributed by atoms with E-state index < -0.39 is 11.4 Å². The molecule has 0 radical (unpaired) electrons. The van der Waals surface area contributed by atoms with Crippen LogP contribution < -0.4 is 15.2 Å². The van der Waals surface area contributed by atoms with E-state index >= 15 is 0 Å². The van der Waals surface area contributed by atoms with E-state index in [4.69, 9.17) is 4.74 Å². The van der Waals surface area contributed by atoms with Crippen LogP contribution in [0.3, 0.4) is 0 Å². The number of hydrogen-bond donors (Lipinski definition) is 1. The fourth-order valence-electron chi connectivity index (χ4n) is 1.42. The molecule has 0 fully saturated rings. The quantitative estimate of drug-likeness (QED) is 0.828. The molecule has 1 aromatic rings. The molecule has 5 nitrogen and oxygen atoms in total. The SMILES string of the molecule is C=CCOc1cccc(NC(=O)C(C)(C)C)c1C(=O)[O-]. The number of carbonyl (C=O) groups excluding carboxylic acids is 2. The fourth-order valence-corrected chi connectivity index (χ4v) is 1.42. The molecule has 1 N–H and O–H groups in total. The van der Waals surface area contributed by atoms with E-state index in [9.17, 15) is 14.7 Å². The Bertz CT molecular complexity index is 529. The average Bonchev–Trinajstić information content (AvgIpc) is 2.34. The molecule has 0 bridgehead atoms. The Morgan fingerprint density at radius 2 is 2.05 bits per heavy atom. The fraction of sp³-hybridized carbons (Fsp3) is 0.333. The zero-order valence-corrected chi connectivity index (χ0v) is 11.9. The Labute approximate surface area is 118 Å². The van der Waals surface area contributed by atoms with Gasteiger partial charge >= 0.3 is 0 Å². The molecule has 0 spiro atoms. The standard InChI is InChI=1S/C15H19NO4/c1-5-9-20-11-8-6-7-10(12(11)13(17)18)16-14(19)15(2,3)4/h5-8H,1,9H2,2-4H3,(H,16,19)(H,17,18)/p-1. The summed E-state index contributed by atoms with van der Waals surface area (Å²) in [6.45, 7) is 8.86. The summed E-state index contributed by atoms with van der Waals surface area (Å²) in [6.07, 6.45) is 1.50. The molecule has 0 heterocycles. The molecule has 1 aromatic carbocycles. The molecule has 0 aliphatic rings. The van der Waals surface area contributed by atoms with Gasteiger partial charge in [-0.15, -0.1) is 0 Å². The maximum Gasteiger partial charge on any atom is 0.229 e. The third kappa shape index (κ3) is 3.85. The van der Waals surface area contributed by atoms with E-state index in [0.29, 0.717) is 0 Å². The second-order valence-electron chi connectivity index (χ2n) is 5.27. The largest absolute Gasteiger partial charge is 0.545 e. The van der Waals surface area contributed by atoms with Gasteiger partial charge in [0, 0.05) is 5.41 Å². The number of carboxylic acid groups (broad SMARTS) is 1. The molecule has 5 heteroatoms. The first-order valence-electron chi connectivity index (χ1n) is 6.17. The number of benzene rings is 1. The highest BCUT2D eigenvalue weighted by Gasteiger charge is 2.23. The van der Waals surface area contributed by atoms with Gasteiger partial charge < -0.3 is 20.0 Å². The molecule has 108 valence electrons. The topological polar surface area (TPSA) is 78.5 Å². The number of hydrogen-bond acceptors (Lipinski definition) is 4. The van der Waals surface area contributed by atoms with Crippen molar-refractivity contribution in [3.63, 3.8) is 0 Å². The van der Waals surface area contributed by atoms with Gasteiger partial charge in [0.2, 0.25) is 5.91 Å². The number of anilines is 1. The average molecular weight is 276 g/mol. The summed E-state index contributed by atoms with van der Waals surface area (Å²) in [7, 11) is 0. The van der Waals surface area contributed by atoms with Crippen LogP contribution in [-0.2, 0) is 4.79 Å². The molecule has 0 atom stereocenters. The van der Waals surface area contributed by atoms with Crippen LogP contribution in [0, 0.1) is 5.41 Å². The predicted molar refractivity (Wildman–Crippen MR) is 74.5 cm³/mol. The lowest BCUT2D eigenvalue weighted by atomic mass is 9.95. The zero-order valence-electron chi connectivity index (χ0n) is 11.9. The van der Waals surface area contributed by atoms with Crippen LogP contribution >= 0.6 is 0 Å². The van der Waals surface area contributed by atoms with E-state index in [1.807, 2.05) is 0 Å². The van der Waals surface area contributed by atoms with Crippen LogP contribution in [0.4, 0.5) is 5.69 Å². The summed E-state index contributed by atoms with van der Waals surface area (Å²) < 4.78 is 5.27. The van der Waals surface area contributed by atoms with Gasteiger partial charge in [-0.1, -0.05) is 39.5 Å². The molecule has 1 amide bonds. The molecular formula is C15H18NO4-. The first-order chi connectivity index (χ1) is 9.27. The Kier molecular flexibility index (Phi) is 4.91. The second kappa shape index (κ2) is 6.23. The lowest BCUT2D eigenvalue weighted by Crippen LogP contribution is -2.30. The van der Waals surface area contributed by atoms with Crippen LogP contribution in [0.25, 0.3) is 0 Å². The highest BCUT2D eigenvalue weighted by molar-refractivity contribution is 6.03. The van der Waals surface area contributed by atoms with Crippen LogP contribution in [0.1, 0.15) is 31.1 Å². The highest BCUT2D eigenvalue weighted by Crippen LogP contribution is 2.27. The van der Waals surface area contributed by atoms with Crippen LogP contribution in [0.5, 0.6) is 5.75 Å². The summed E-state index contributed by atoms with van der Waals surface area (Å²) in [5.74, 6) is -1.56. The molecule has 1 rings (SSSR count). The van der Waals surface area contributed by atoms with E-state index in [0.717, 1.165) is 0 Å². The lowest BCUT2D eigenvalue weighted by Gasteiger charge is -2.21. The first-order valence-corrected chi connectivity index (χ1v) is 6.17. The third-order valence-corrected chi connectivity index (χ3v) is 2.52. The Morgan fingerprint density at radius 1 is 1.40 bits per heavy atom. The number of amides is 1.